The van der Waals surface area contributed by atoms with Gasteiger partial charge in [-0.1, -0.05) is 35.9 Å². The van der Waals surface area contributed by atoms with Crippen LogP contribution in [0.5, 0.6) is 5.75 Å². The lowest BCUT2D eigenvalue weighted by atomic mass is 10.0. The summed E-state index contributed by atoms with van der Waals surface area (Å²) in [5, 5.41) is 3.10. The number of ether oxygens (including phenoxy) is 1. The predicted octanol–water partition coefficient (Wildman–Crippen LogP) is 5.01. The van der Waals surface area contributed by atoms with Crippen molar-refractivity contribution in [3.8, 4) is 5.75 Å². The van der Waals surface area contributed by atoms with Crippen LogP contribution in [-0.2, 0) is 11.0 Å². The highest BCUT2D eigenvalue weighted by atomic mass is 35.5. The second kappa shape index (κ2) is 8.25. The molecule has 0 aliphatic rings. The van der Waals surface area contributed by atoms with Gasteiger partial charge < -0.3 is 10.1 Å². The van der Waals surface area contributed by atoms with E-state index >= 15 is 0 Å². The van der Waals surface area contributed by atoms with E-state index in [4.69, 9.17) is 16.3 Å². The summed E-state index contributed by atoms with van der Waals surface area (Å²) in [6.07, 6.45) is -4.35. The summed E-state index contributed by atoms with van der Waals surface area (Å²) in [6, 6.07) is 11.2. The Morgan fingerprint density at radius 2 is 1.92 bits per heavy atom. The van der Waals surface area contributed by atoms with Gasteiger partial charge in [-0.15, -0.1) is 0 Å². The van der Waals surface area contributed by atoms with Gasteiger partial charge in [-0.05, 0) is 36.8 Å². The van der Waals surface area contributed by atoms with Gasteiger partial charge in [0, 0.05) is 0 Å². The van der Waals surface area contributed by atoms with Crippen LogP contribution in [0, 0.1) is 0 Å². The zero-order valence-electron chi connectivity index (χ0n) is 13.4. The fraction of sp³-hybridized carbons (Fsp3) is 0.278. The van der Waals surface area contributed by atoms with E-state index in [2.05, 4.69) is 5.32 Å². The van der Waals surface area contributed by atoms with E-state index in [1.54, 1.807) is 37.3 Å². The van der Waals surface area contributed by atoms with Gasteiger partial charge in [-0.3, -0.25) is 4.79 Å². The average molecular weight is 372 g/mol. The fourth-order valence-corrected chi connectivity index (χ4v) is 2.39. The Morgan fingerprint density at radius 1 is 1.20 bits per heavy atom. The molecule has 0 bridgehead atoms. The van der Waals surface area contributed by atoms with E-state index in [1.165, 1.54) is 6.07 Å². The van der Waals surface area contributed by atoms with Crippen molar-refractivity contribution in [3.63, 3.8) is 0 Å². The second-order valence-corrected chi connectivity index (χ2v) is 5.85. The van der Waals surface area contributed by atoms with Crippen LogP contribution in [0.2, 0.25) is 5.02 Å². The molecule has 1 unspecified atom stereocenters. The molecular weight excluding hydrogens is 355 g/mol. The van der Waals surface area contributed by atoms with Crippen molar-refractivity contribution in [2.45, 2.75) is 25.6 Å². The highest BCUT2D eigenvalue weighted by Crippen LogP contribution is 2.30. The van der Waals surface area contributed by atoms with Crippen LogP contribution < -0.4 is 10.1 Å². The lowest BCUT2D eigenvalue weighted by Crippen LogP contribution is -2.28. The van der Waals surface area contributed by atoms with Crippen LogP contribution in [-0.4, -0.2) is 12.5 Å². The zero-order valence-corrected chi connectivity index (χ0v) is 14.2. The van der Waals surface area contributed by atoms with Gasteiger partial charge in [0.15, 0.2) is 0 Å². The molecule has 1 amide bonds. The molecule has 7 heteroatoms. The fourth-order valence-electron chi connectivity index (χ4n) is 2.20. The van der Waals surface area contributed by atoms with Gasteiger partial charge in [0.25, 0.3) is 0 Å². The third kappa shape index (κ3) is 5.67. The number of hydrogen-bond donors (Lipinski definition) is 1. The van der Waals surface area contributed by atoms with Crippen LogP contribution in [0.1, 0.15) is 30.5 Å². The number of para-hydroxylation sites is 1. The number of amides is 1. The molecule has 0 heterocycles. The first-order chi connectivity index (χ1) is 11.8. The van der Waals surface area contributed by atoms with Gasteiger partial charge in [0.2, 0.25) is 5.91 Å². The van der Waals surface area contributed by atoms with Crippen LogP contribution >= 0.6 is 11.6 Å². The maximum atomic E-state index is 12.7. The molecule has 0 radical (unpaired) electrons. The number of nitrogens with one attached hydrogen (secondary N) is 1. The largest absolute Gasteiger partial charge is 0.491 e. The summed E-state index contributed by atoms with van der Waals surface area (Å²) in [6.45, 7) is 1.74. The Balaban J connectivity index is 1.87. The van der Waals surface area contributed by atoms with Crippen molar-refractivity contribution in [2.75, 3.05) is 6.61 Å². The Labute approximate surface area is 148 Å². The highest BCUT2D eigenvalue weighted by Gasteiger charge is 2.30. The summed E-state index contributed by atoms with van der Waals surface area (Å²) in [7, 11) is 0. The number of rotatable bonds is 6. The minimum Gasteiger partial charge on any atom is -0.491 e. The van der Waals surface area contributed by atoms with Crippen molar-refractivity contribution in [1.82, 2.24) is 5.32 Å². The quantitative estimate of drug-likeness (QED) is 0.775. The first-order valence-electron chi connectivity index (χ1n) is 7.61. The molecule has 25 heavy (non-hydrogen) atoms. The molecule has 0 aliphatic heterocycles. The molecule has 2 aromatic carbocycles. The maximum Gasteiger partial charge on any atom is 0.416 e. The SMILES string of the molecule is CC(NC(=O)CCOc1ccccc1Cl)c1cccc(C(F)(F)F)c1. The van der Waals surface area contributed by atoms with Gasteiger partial charge in [0.1, 0.15) is 5.75 Å². The van der Waals surface area contributed by atoms with Gasteiger partial charge in [-0.2, -0.15) is 13.2 Å². The van der Waals surface area contributed by atoms with Gasteiger partial charge >= 0.3 is 6.18 Å². The molecule has 0 fully saturated rings. The Hall–Kier alpha value is -2.21. The number of alkyl halides is 3. The van der Waals surface area contributed by atoms with E-state index in [1.807, 2.05) is 0 Å². The lowest BCUT2D eigenvalue weighted by Gasteiger charge is -2.16. The molecule has 0 spiro atoms. The third-order valence-electron chi connectivity index (χ3n) is 3.51. The molecule has 1 N–H and O–H groups in total. The van der Waals surface area contributed by atoms with E-state index in [0.29, 0.717) is 16.3 Å². The summed E-state index contributed by atoms with van der Waals surface area (Å²) in [5.41, 5.74) is -0.358. The number of benzene rings is 2. The summed E-state index contributed by atoms with van der Waals surface area (Å²) in [4.78, 5) is 11.9. The van der Waals surface area contributed by atoms with E-state index in [-0.39, 0.29) is 18.9 Å². The maximum absolute atomic E-state index is 12.7. The van der Waals surface area contributed by atoms with Crippen LogP contribution in [0.3, 0.4) is 0 Å². The normalized spacial score (nSPS) is 12.5. The third-order valence-corrected chi connectivity index (χ3v) is 3.83. The Bertz CT molecular complexity index is 734. The number of hydrogen-bond acceptors (Lipinski definition) is 2. The van der Waals surface area contributed by atoms with Gasteiger partial charge in [-0.25, -0.2) is 0 Å². The molecule has 134 valence electrons. The number of halogens is 4. The van der Waals surface area contributed by atoms with Crippen LogP contribution in [0.4, 0.5) is 13.2 Å². The molecule has 0 aliphatic carbocycles. The number of carbonyl (C=O) groups excluding carboxylic acids is 1. The van der Waals surface area contributed by atoms with Crippen molar-refractivity contribution >= 4 is 17.5 Å². The average Bonchev–Trinajstić information content (AvgIpc) is 2.56. The topological polar surface area (TPSA) is 38.3 Å². The standard InChI is InChI=1S/C18H17ClF3NO2/c1-12(13-5-4-6-14(11-13)18(20,21)22)23-17(24)9-10-25-16-8-3-2-7-15(16)19/h2-8,11-12H,9-10H2,1H3,(H,23,24). The van der Waals surface area contributed by atoms with Crippen molar-refractivity contribution in [1.29, 1.82) is 0 Å². The zero-order chi connectivity index (χ0) is 18.4. The lowest BCUT2D eigenvalue weighted by molar-refractivity contribution is -0.137. The highest BCUT2D eigenvalue weighted by molar-refractivity contribution is 6.32. The monoisotopic (exact) mass is 371 g/mol. The summed E-state index contributed by atoms with van der Waals surface area (Å²) >= 11 is 5.94. The van der Waals surface area contributed by atoms with Crippen molar-refractivity contribution < 1.29 is 22.7 Å². The molecular formula is C18H17ClF3NO2. The molecule has 0 aromatic heterocycles. The molecule has 3 nitrogen and oxygen atoms in total. The predicted molar refractivity (Wildman–Crippen MR) is 89.6 cm³/mol. The molecule has 1 atom stereocenters. The van der Waals surface area contributed by atoms with E-state index in [9.17, 15) is 18.0 Å². The van der Waals surface area contributed by atoms with Crippen molar-refractivity contribution in [3.05, 3.63) is 64.7 Å². The van der Waals surface area contributed by atoms with Gasteiger partial charge in [0.05, 0.1) is 29.7 Å². The van der Waals surface area contributed by atoms with Crippen molar-refractivity contribution in [2.24, 2.45) is 0 Å². The summed E-state index contributed by atoms with van der Waals surface area (Å²) < 4.78 is 43.6. The molecule has 2 rings (SSSR count). The molecule has 0 saturated heterocycles. The second-order valence-electron chi connectivity index (χ2n) is 5.44. The van der Waals surface area contributed by atoms with Crippen LogP contribution in [0.25, 0.3) is 0 Å². The molecule has 0 saturated carbocycles. The minimum atomic E-state index is -4.41. The van der Waals surface area contributed by atoms with Crippen LogP contribution in [0.15, 0.2) is 48.5 Å². The van der Waals surface area contributed by atoms with E-state index in [0.717, 1.165) is 12.1 Å². The Morgan fingerprint density at radius 3 is 2.60 bits per heavy atom. The summed E-state index contributed by atoms with van der Waals surface area (Å²) in [5.74, 6) is 0.153. The smallest absolute Gasteiger partial charge is 0.416 e. The first-order valence-corrected chi connectivity index (χ1v) is 7.99. The molecule has 2 aromatic rings. The Kier molecular flexibility index (Phi) is 6.31. The number of carbonyl (C=O) groups is 1. The minimum absolute atomic E-state index is 0.0640. The first kappa shape index (κ1) is 19.1. The van der Waals surface area contributed by atoms with E-state index < -0.39 is 17.8 Å².